The molecule has 0 saturated heterocycles. The molecular weight excluding hydrogens is 375 g/mol. The Hall–Kier alpha value is -2.02. The van der Waals surface area contributed by atoms with E-state index in [4.69, 9.17) is 34.8 Å². The zero-order valence-electron chi connectivity index (χ0n) is 12.8. The topological polar surface area (TPSA) is 73.0 Å². The molecule has 0 aliphatic carbocycles. The van der Waals surface area contributed by atoms with Crippen molar-refractivity contribution >= 4 is 46.3 Å². The van der Waals surface area contributed by atoms with Gasteiger partial charge in [0.1, 0.15) is 4.49 Å². The Morgan fingerprint density at radius 2 is 1.83 bits per heavy atom. The minimum atomic E-state index is -0.658. The van der Waals surface area contributed by atoms with Crippen molar-refractivity contribution < 1.29 is 4.92 Å². The lowest BCUT2D eigenvalue weighted by atomic mass is 10.3. The van der Waals surface area contributed by atoms with Crippen molar-refractivity contribution in [2.75, 3.05) is 5.32 Å². The monoisotopic (exact) mass is 386 g/mol. The van der Waals surface area contributed by atoms with Gasteiger partial charge in [-0.15, -0.1) is 0 Å². The average Bonchev–Trinajstić information content (AvgIpc) is 2.85. The van der Waals surface area contributed by atoms with Crippen molar-refractivity contribution in [3.8, 4) is 0 Å². The highest BCUT2D eigenvalue weighted by Gasteiger charge is 2.28. The molecule has 2 aromatic rings. The summed E-state index contributed by atoms with van der Waals surface area (Å²) >= 11 is 17.3. The summed E-state index contributed by atoms with van der Waals surface area (Å²) in [7, 11) is 0. The maximum absolute atomic E-state index is 11.6. The number of hydrogen-bond acceptors (Lipinski definition) is 4. The van der Waals surface area contributed by atoms with E-state index < -0.39 is 15.1 Å². The van der Waals surface area contributed by atoms with Crippen LogP contribution in [-0.4, -0.2) is 14.7 Å². The molecule has 1 aromatic heterocycles. The number of nitrogens with one attached hydrogen (secondary N) is 1. The summed E-state index contributed by atoms with van der Waals surface area (Å²) in [6.07, 6.45) is 0. The van der Waals surface area contributed by atoms with Crippen LogP contribution in [0.1, 0.15) is 11.4 Å². The second-order valence-corrected chi connectivity index (χ2v) is 6.19. The van der Waals surface area contributed by atoms with Crippen LogP contribution in [0.5, 0.6) is 0 Å². The van der Waals surface area contributed by atoms with Crippen LogP contribution >= 0.6 is 34.8 Å². The van der Waals surface area contributed by atoms with Gasteiger partial charge >= 0.3 is 5.70 Å². The first-order valence-electron chi connectivity index (χ1n) is 6.76. The zero-order valence-corrected chi connectivity index (χ0v) is 15.0. The maximum Gasteiger partial charge on any atom is 0.332 e. The number of nitrogens with zero attached hydrogens (tertiary/aromatic N) is 3. The Morgan fingerprint density at radius 3 is 2.29 bits per heavy atom. The minimum Gasteiger partial charge on any atom is -0.334 e. The molecule has 0 atom stereocenters. The van der Waals surface area contributed by atoms with E-state index in [0.717, 1.165) is 0 Å². The Kier molecular flexibility index (Phi) is 5.88. The summed E-state index contributed by atoms with van der Waals surface area (Å²) in [6.45, 7) is 3.55. The van der Waals surface area contributed by atoms with Crippen molar-refractivity contribution in [3.63, 3.8) is 0 Å². The fourth-order valence-electron chi connectivity index (χ4n) is 2.09. The highest BCUT2D eigenvalue weighted by molar-refractivity contribution is 6.59. The average molecular weight is 388 g/mol. The summed E-state index contributed by atoms with van der Waals surface area (Å²) in [5.41, 5.74) is 1.52. The van der Waals surface area contributed by atoms with Crippen LogP contribution in [0.2, 0.25) is 0 Å². The van der Waals surface area contributed by atoms with Gasteiger partial charge in [-0.2, -0.15) is 5.10 Å². The lowest BCUT2D eigenvalue weighted by Crippen LogP contribution is -2.17. The molecule has 6 nitrogen and oxygen atoms in total. The van der Waals surface area contributed by atoms with Crippen LogP contribution in [0.15, 0.2) is 51.6 Å². The van der Waals surface area contributed by atoms with Crippen LogP contribution in [0, 0.1) is 24.0 Å². The fraction of sp³-hybridized carbons (Fsp3) is 0.133. The molecule has 0 radical (unpaired) electrons. The molecule has 24 heavy (non-hydrogen) atoms. The quantitative estimate of drug-likeness (QED) is 0.450. The van der Waals surface area contributed by atoms with E-state index in [9.17, 15) is 10.1 Å². The Balaban J connectivity index is 2.73. The number of aromatic nitrogens is 2. The number of halogens is 3. The summed E-state index contributed by atoms with van der Waals surface area (Å²) in [6, 6.07) is 10.7. The van der Waals surface area contributed by atoms with E-state index in [1.807, 2.05) is 6.07 Å². The standard InChI is InChI=1S/C15H13Cl3N4O2/c1-9-8-10(2)21(20-9)15(19-11-6-4-3-5-7-11)13(22(23)24)12(16)14(17)18/h3-8,19H,1-2H3/b15-13+. The summed E-state index contributed by atoms with van der Waals surface area (Å²) < 4.78 is 0.983. The lowest BCUT2D eigenvalue weighted by Gasteiger charge is -2.13. The maximum atomic E-state index is 11.6. The number of allylic oxidation sites excluding steroid dienone is 1. The molecule has 0 amide bonds. The number of rotatable bonds is 5. The Bertz CT molecular complexity index is 824. The molecule has 1 heterocycles. The third kappa shape index (κ3) is 4.08. The number of hydrogen-bond donors (Lipinski definition) is 1. The fourth-order valence-corrected chi connectivity index (χ4v) is 2.42. The first-order valence-corrected chi connectivity index (χ1v) is 7.90. The molecule has 1 N–H and O–H groups in total. The summed E-state index contributed by atoms with van der Waals surface area (Å²) in [5.74, 6) is 0.0422. The molecule has 1 aromatic carbocycles. The van der Waals surface area contributed by atoms with Gasteiger partial charge in [-0.3, -0.25) is 10.1 Å². The van der Waals surface area contributed by atoms with Crippen molar-refractivity contribution in [2.24, 2.45) is 0 Å². The van der Waals surface area contributed by atoms with Gasteiger partial charge in [0.2, 0.25) is 5.82 Å². The largest absolute Gasteiger partial charge is 0.334 e. The van der Waals surface area contributed by atoms with Crippen molar-refractivity contribution in [2.45, 2.75) is 13.8 Å². The van der Waals surface area contributed by atoms with Crippen molar-refractivity contribution in [1.29, 1.82) is 0 Å². The van der Waals surface area contributed by atoms with E-state index in [1.54, 1.807) is 44.2 Å². The third-order valence-corrected chi connectivity index (χ3v) is 3.98. The molecule has 0 bridgehead atoms. The normalized spacial score (nSPS) is 11.7. The molecule has 0 spiro atoms. The predicted molar refractivity (Wildman–Crippen MR) is 96.6 cm³/mol. The van der Waals surface area contributed by atoms with Crippen LogP contribution < -0.4 is 5.32 Å². The van der Waals surface area contributed by atoms with Gasteiger partial charge in [0.25, 0.3) is 0 Å². The van der Waals surface area contributed by atoms with E-state index in [1.165, 1.54) is 4.68 Å². The van der Waals surface area contributed by atoms with Crippen LogP contribution in [0.4, 0.5) is 5.69 Å². The van der Waals surface area contributed by atoms with Crippen molar-refractivity contribution in [3.05, 3.63) is 73.1 Å². The predicted octanol–water partition coefficient (Wildman–Crippen LogP) is 4.90. The van der Waals surface area contributed by atoms with Gasteiger partial charge in [0.15, 0.2) is 5.03 Å². The van der Waals surface area contributed by atoms with Gasteiger partial charge in [-0.05, 0) is 32.0 Å². The summed E-state index contributed by atoms with van der Waals surface area (Å²) in [5, 5.41) is 18.5. The Morgan fingerprint density at radius 1 is 1.21 bits per heavy atom. The second-order valence-electron chi connectivity index (χ2n) is 4.86. The zero-order chi connectivity index (χ0) is 17.9. The molecule has 0 aliphatic heterocycles. The molecular formula is C15H13Cl3N4O2. The molecule has 0 saturated carbocycles. The van der Waals surface area contributed by atoms with E-state index in [0.29, 0.717) is 17.1 Å². The van der Waals surface area contributed by atoms with Crippen LogP contribution in [0.25, 0.3) is 5.82 Å². The first kappa shape index (κ1) is 18.3. The first-order chi connectivity index (χ1) is 11.3. The number of nitro groups is 1. The smallest absolute Gasteiger partial charge is 0.332 e. The van der Waals surface area contributed by atoms with Crippen molar-refractivity contribution in [1.82, 2.24) is 9.78 Å². The van der Waals surface area contributed by atoms with Gasteiger partial charge in [-0.1, -0.05) is 53.0 Å². The number of para-hydroxylation sites is 1. The lowest BCUT2D eigenvalue weighted by molar-refractivity contribution is -0.419. The highest BCUT2D eigenvalue weighted by Crippen LogP contribution is 2.30. The molecule has 0 fully saturated rings. The molecule has 0 unspecified atom stereocenters. The van der Waals surface area contributed by atoms with Gasteiger partial charge in [0.05, 0.1) is 10.6 Å². The van der Waals surface area contributed by atoms with Crippen LogP contribution in [-0.2, 0) is 0 Å². The minimum absolute atomic E-state index is 0.0422. The van der Waals surface area contributed by atoms with E-state index >= 15 is 0 Å². The highest BCUT2D eigenvalue weighted by atomic mass is 35.5. The van der Waals surface area contributed by atoms with E-state index in [2.05, 4.69) is 10.4 Å². The molecule has 2 rings (SSSR count). The van der Waals surface area contributed by atoms with Crippen LogP contribution in [0.3, 0.4) is 0 Å². The van der Waals surface area contributed by atoms with Gasteiger partial charge in [0, 0.05) is 11.4 Å². The number of aryl methyl sites for hydroxylation is 2. The number of anilines is 1. The molecule has 0 aliphatic rings. The molecule has 126 valence electrons. The summed E-state index contributed by atoms with van der Waals surface area (Å²) in [4.78, 5) is 10.9. The van der Waals surface area contributed by atoms with E-state index in [-0.39, 0.29) is 10.9 Å². The Labute approximate surface area is 153 Å². The second kappa shape index (κ2) is 7.70. The van der Waals surface area contributed by atoms with Gasteiger partial charge < -0.3 is 5.32 Å². The molecule has 9 heteroatoms. The number of benzene rings is 1. The SMILES string of the molecule is Cc1cc(C)n(/C(Nc2ccccc2)=C(\C(Cl)=C(Cl)Cl)[N+](=O)[O-])n1. The third-order valence-electron chi connectivity index (χ3n) is 3.04. The van der Waals surface area contributed by atoms with Gasteiger partial charge in [-0.25, -0.2) is 4.68 Å².